The van der Waals surface area contributed by atoms with Crippen molar-refractivity contribution in [2.75, 3.05) is 0 Å². The Morgan fingerprint density at radius 3 is 1.45 bits per heavy atom. The van der Waals surface area contributed by atoms with Crippen LogP contribution < -0.4 is 0 Å². The van der Waals surface area contributed by atoms with Gasteiger partial charge in [0.15, 0.2) is 0 Å². The first-order valence-electron chi connectivity index (χ1n) is 7.09. The highest BCUT2D eigenvalue weighted by atomic mass is 16.4. The lowest BCUT2D eigenvalue weighted by Gasteiger charge is -2.27. The Labute approximate surface area is 127 Å². The number of unbranched alkanes of at least 4 members (excludes halogenated alkanes) is 2. The molecule has 0 aliphatic rings. The summed E-state index contributed by atoms with van der Waals surface area (Å²) in [6.45, 7) is 1.91. The second-order valence-electron chi connectivity index (χ2n) is 5.24. The first-order valence-corrected chi connectivity index (χ1v) is 7.09. The molecule has 0 rings (SSSR count). The Morgan fingerprint density at radius 2 is 1.18 bits per heavy atom. The van der Waals surface area contributed by atoms with Crippen molar-refractivity contribution in [2.24, 2.45) is 17.8 Å². The van der Waals surface area contributed by atoms with Crippen LogP contribution in [-0.4, -0.2) is 44.3 Å². The average Bonchev–Trinajstić information content (AvgIpc) is 2.38. The normalized spacial score (nSPS) is 14.8. The van der Waals surface area contributed by atoms with Crippen LogP contribution in [0.4, 0.5) is 0 Å². The van der Waals surface area contributed by atoms with Crippen LogP contribution in [0.1, 0.15) is 45.4 Å². The molecule has 126 valence electrons. The summed E-state index contributed by atoms with van der Waals surface area (Å²) < 4.78 is 0. The molecule has 8 nitrogen and oxygen atoms in total. The van der Waals surface area contributed by atoms with Crippen LogP contribution in [0.25, 0.3) is 0 Å². The average molecular weight is 318 g/mol. The number of hydrogen-bond donors (Lipinski definition) is 4. The topological polar surface area (TPSA) is 149 Å². The van der Waals surface area contributed by atoms with Gasteiger partial charge in [0.1, 0.15) is 0 Å². The van der Waals surface area contributed by atoms with Gasteiger partial charge in [0.25, 0.3) is 0 Å². The summed E-state index contributed by atoms with van der Waals surface area (Å²) in [7, 11) is 0. The lowest BCUT2D eigenvalue weighted by Crippen LogP contribution is -2.36. The van der Waals surface area contributed by atoms with Gasteiger partial charge in [-0.1, -0.05) is 26.2 Å². The van der Waals surface area contributed by atoms with Crippen LogP contribution >= 0.6 is 0 Å². The lowest BCUT2D eigenvalue weighted by molar-refractivity contribution is -0.157. The van der Waals surface area contributed by atoms with E-state index in [1.54, 1.807) is 0 Å². The van der Waals surface area contributed by atoms with Gasteiger partial charge < -0.3 is 20.4 Å². The lowest BCUT2D eigenvalue weighted by atomic mass is 9.75. The zero-order valence-electron chi connectivity index (χ0n) is 12.4. The van der Waals surface area contributed by atoms with Crippen molar-refractivity contribution in [3.63, 3.8) is 0 Å². The van der Waals surface area contributed by atoms with E-state index in [0.29, 0.717) is 6.42 Å². The SMILES string of the molecule is CCCCCC(C(CC(=O)O)C(=O)O)C(CC(=O)O)C(=O)O. The molecule has 0 spiro atoms. The molecule has 0 saturated heterocycles. The van der Waals surface area contributed by atoms with E-state index in [-0.39, 0.29) is 6.42 Å². The number of carbonyl (C=O) groups is 4. The Bertz CT molecular complexity index is 383. The van der Waals surface area contributed by atoms with Crippen molar-refractivity contribution in [3.8, 4) is 0 Å². The molecule has 0 fully saturated rings. The van der Waals surface area contributed by atoms with Crippen molar-refractivity contribution in [1.29, 1.82) is 0 Å². The molecule has 22 heavy (non-hydrogen) atoms. The van der Waals surface area contributed by atoms with Crippen LogP contribution in [0.2, 0.25) is 0 Å². The quantitative estimate of drug-likeness (QED) is 0.396. The summed E-state index contributed by atoms with van der Waals surface area (Å²) in [4.78, 5) is 44.3. The number of hydrogen-bond acceptors (Lipinski definition) is 4. The highest BCUT2D eigenvalue weighted by molar-refractivity contribution is 5.81. The highest BCUT2D eigenvalue weighted by Crippen LogP contribution is 2.32. The van der Waals surface area contributed by atoms with Crippen molar-refractivity contribution in [3.05, 3.63) is 0 Å². The fourth-order valence-corrected chi connectivity index (χ4v) is 2.53. The molecule has 0 heterocycles. The maximum atomic E-state index is 11.3. The summed E-state index contributed by atoms with van der Waals surface area (Å²) >= 11 is 0. The van der Waals surface area contributed by atoms with Crippen molar-refractivity contribution in [1.82, 2.24) is 0 Å². The first kappa shape index (κ1) is 19.9. The standard InChI is InChI=1S/C14H22O8/c1-2-3-4-5-8(9(13(19)20)6-11(15)16)10(14(21)22)7-12(17)18/h8-10H,2-7H2,1H3,(H,15,16)(H,17,18)(H,19,20)(H,21,22). The van der Waals surface area contributed by atoms with Crippen LogP contribution in [0.15, 0.2) is 0 Å². The summed E-state index contributed by atoms with van der Waals surface area (Å²) in [6, 6.07) is 0. The number of rotatable bonds is 12. The molecule has 0 aromatic heterocycles. The molecular formula is C14H22O8. The minimum absolute atomic E-state index is 0.169. The van der Waals surface area contributed by atoms with Gasteiger partial charge in [0, 0.05) is 0 Å². The van der Waals surface area contributed by atoms with E-state index < -0.39 is 54.5 Å². The first-order chi connectivity index (χ1) is 10.2. The second kappa shape index (κ2) is 9.75. The molecule has 0 radical (unpaired) electrons. The molecule has 0 aromatic rings. The molecule has 0 amide bonds. The predicted molar refractivity (Wildman–Crippen MR) is 74.4 cm³/mol. The van der Waals surface area contributed by atoms with E-state index in [1.807, 2.05) is 6.92 Å². The van der Waals surface area contributed by atoms with Gasteiger partial charge >= 0.3 is 23.9 Å². The molecule has 0 aliphatic heterocycles. The minimum atomic E-state index is -1.42. The molecule has 0 aromatic carbocycles. The summed E-state index contributed by atoms with van der Waals surface area (Å²) in [6.07, 6.45) is 0.788. The van der Waals surface area contributed by atoms with Gasteiger partial charge in [-0.3, -0.25) is 19.2 Å². The fraction of sp³-hybridized carbons (Fsp3) is 0.714. The van der Waals surface area contributed by atoms with Crippen molar-refractivity contribution >= 4 is 23.9 Å². The fourth-order valence-electron chi connectivity index (χ4n) is 2.53. The number of aliphatic carboxylic acids is 4. The zero-order chi connectivity index (χ0) is 17.3. The van der Waals surface area contributed by atoms with Crippen LogP contribution in [0, 0.1) is 17.8 Å². The maximum Gasteiger partial charge on any atom is 0.307 e. The van der Waals surface area contributed by atoms with E-state index in [9.17, 15) is 29.4 Å². The monoisotopic (exact) mass is 318 g/mol. The summed E-state index contributed by atoms with van der Waals surface area (Å²) in [5, 5.41) is 36.1. The van der Waals surface area contributed by atoms with Crippen LogP contribution in [0.3, 0.4) is 0 Å². The molecule has 8 heteroatoms. The Morgan fingerprint density at radius 1 is 0.773 bits per heavy atom. The van der Waals surface area contributed by atoms with Crippen molar-refractivity contribution < 1.29 is 39.6 Å². The summed E-state index contributed by atoms with van der Waals surface area (Å²) in [5.74, 6) is -9.42. The second-order valence-corrected chi connectivity index (χ2v) is 5.24. The van der Waals surface area contributed by atoms with Gasteiger partial charge in [0.05, 0.1) is 24.7 Å². The van der Waals surface area contributed by atoms with Crippen LogP contribution in [0.5, 0.6) is 0 Å². The van der Waals surface area contributed by atoms with Gasteiger partial charge in [-0.2, -0.15) is 0 Å². The van der Waals surface area contributed by atoms with Gasteiger partial charge in [-0.15, -0.1) is 0 Å². The summed E-state index contributed by atoms with van der Waals surface area (Å²) in [5.41, 5.74) is 0. The molecule has 0 aliphatic carbocycles. The Hall–Kier alpha value is -2.12. The molecule has 4 N–H and O–H groups in total. The third-order valence-electron chi connectivity index (χ3n) is 3.60. The predicted octanol–water partition coefficient (Wildman–Crippen LogP) is 1.53. The maximum absolute atomic E-state index is 11.3. The van der Waals surface area contributed by atoms with E-state index in [4.69, 9.17) is 10.2 Å². The minimum Gasteiger partial charge on any atom is -0.481 e. The molecule has 0 saturated carbocycles. The van der Waals surface area contributed by atoms with Gasteiger partial charge in [-0.05, 0) is 12.3 Å². The van der Waals surface area contributed by atoms with E-state index in [0.717, 1.165) is 12.8 Å². The Balaban J connectivity index is 5.42. The van der Waals surface area contributed by atoms with Gasteiger partial charge in [-0.25, -0.2) is 0 Å². The largest absolute Gasteiger partial charge is 0.481 e. The van der Waals surface area contributed by atoms with E-state index in [2.05, 4.69) is 0 Å². The zero-order valence-corrected chi connectivity index (χ0v) is 12.4. The third-order valence-corrected chi connectivity index (χ3v) is 3.60. The Kier molecular flexibility index (Phi) is 8.81. The van der Waals surface area contributed by atoms with E-state index in [1.165, 1.54) is 0 Å². The van der Waals surface area contributed by atoms with Crippen LogP contribution in [-0.2, 0) is 19.2 Å². The molecular weight excluding hydrogens is 296 g/mol. The number of carboxylic acids is 4. The van der Waals surface area contributed by atoms with E-state index >= 15 is 0 Å². The van der Waals surface area contributed by atoms with Crippen molar-refractivity contribution in [2.45, 2.75) is 45.4 Å². The number of carboxylic acid groups (broad SMARTS) is 4. The van der Waals surface area contributed by atoms with Gasteiger partial charge in [0.2, 0.25) is 0 Å². The third kappa shape index (κ3) is 7.05. The highest BCUT2D eigenvalue weighted by Gasteiger charge is 2.39. The molecule has 2 unspecified atom stereocenters. The molecule has 2 atom stereocenters. The smallest absolute Gasteiger partial charge is 0.307 e. The molecule has 0 bridgehead atoms.